The fourth-order valence-corrected chi connectivity index (χ4v) is 2.59. The van der Waals surface area contributed by atoms with Gasteiger partial charge in [0, 0.05) is 25.9 Å². The molecular formula is C15H21N3OSi. The van der Waals surface area contributed by atoms with E-state index < -0.39 is 9.04 Å². The van der Waals surface area contributed by atoms with Gasteiger partial charge in [-0.05, 0) is 32.2 Å². The number of imidazole rings is 1. The average Bonchev–Trinajstić information content (AvgIpc) is 2.70. The van der Waals surface area contributed by atoms with Gasteiger partial charge in [0.25, 0.3) is 0 Å². The monoisotopic (exact) mass is 287 g/mol. The van der Waals surface area contributed by atoms with Gasteiger partial charge in [-0.15, -0.1) is 0 Å². The Labute approximate surface area is 121 Å². The molecular weight excluding hydrogens is 266 g/mol. The van der Waals surface area contributed by atoms with Crippen LogP contribution in [0.5, 0.6) is 5.75 Å². The molecule has 1 aromatic carbocycles. The number of rotatable bonds is 5. The number of hydrogen-bond acceptors (Lipinski definition) is 3. The van der Waals surface area contributed by atoms with Crippen LogP contribution < -0.4 is 4.43 Å². The van der Waals surface area contributed by atoms with E-state index in [1.54, 1.807) is 0 Å². The predicted octanol–water partition coefficient (Wildman–Crippen LogP) is 3.04. The summed E-state index contributed by atoms with van der Waals surface area (Å²) in [4.78, 5) is 8.98. The Hall–Kier alpha value is -1.88. The van der Waals surface area contributed by atoms with Crippen LogP contribution in [0.15, 0.2) is 35.5 Å². The summed E-state index contributed by atoms with van der Waals surface area (Å²) in [6.45, 7) is 6.30. The highest BCUT2D eigenvalue weighted by molar-refractivity contribution is 6.49. The highest BCUT2D eigenvalue weighted by Crippen LogP contribution is 2.27. The van der Waals surface area contributed by atoms with Crippen molar-refractivity contribution in [3.8, 4) is 5.75 Å². The van der Waals surface area contributed by atoms with Crippen molar-refractivity contribution in [1.82, 2.24) is 9.55 Å². The summed E-state index contributed by atoms with van der Waals surface area (Å²) in [7, 11) is 0.888. The van der Waals surface area contributed by atoms with Crippen LogP contribution in [0.3, 0.4) is 0 Å². The zero-order valence-electron chi connectivity index (χ0n) is 12.5. The number of aryl methyl sites for hydroxylation is 2. The Kier molecular flexibility index (Phi) is 4.73. The minimum atomic E-state index is -1.11. The number of hydrogen-bond donors (Lipinski definition) is 0. The zero-order chi connectivity index (χ0) is 14.5. The molecule has 0 aliphatic rings. The summed E-state index contributed by atoms with van der Waals surface area (Å²) in [5, 5.41) is 0. The SMILES string of the molecule is Cc1nc(CC=Nc2ccccc2O[SiH](C)C)cn1C. The van der Waals surface area contributed by atoms with Crippen LogP contribution in [0.2, 0.25) is 13.1 Å². The number of para-hydroxylation sites is 2. The lowest BCUT2D eigenvalue weighted by atomic mass is 10.3. The van der Waals surface area contributed by atoms with Crippen molar-refractivity contribution in [2.45, 2.75) is 26.4 Å². The fraction of sp³-hybridized carbons (Fsp3) is 0.333. The minimum absolute atomic E-state index is 0.731. The maximum Gasteiger partial charge on any atom is 0.229 e. The largest absolute Gasteiger partial charge is 0.546 e. The summed E-state index contributed by atoms with van der Waals surface area (Å²) in [6, 6.07) is 7.91. The molecule has 1 aromatic heterocycles. The van der Waals surface area contributed by atoms with Crippen LogP contribution in [0.1, 0.15) is 11.5 Å². The first-order valence-electron chi connectivity index (χ1n) is 6.83. The molecule has 0 aliphatic carbocycles. The molecule has 0 radical (unpaired) electrons. The third-order valence-corrected chi connectivity index (χ3v) is 3.64. The Bertz CT molecular complexity index is 585. The normalized spacial score (nSPS) is 11.4. The van der Waals surface area contributed by atoms with Gasteiger partial charge in [-0.1, -0.05) is 12.1 Å². The van der Waals surface area contributed by atoms with E-state index in [0.717, 1.165) is 29.4 Å². The number of benzene rings is 1. The molecule has 0 unspecified atom stereocenters. The third-order valence-electron chi connectivity index (χ3n) is 2.92. The summed E-state index contributed by atoms with van der Waals surface area (Å²) in [5.74, 6) is 1.89. The topological polar surface area (TPSA) is 39.4 Å². The molecule has 0 bridgehead atoms. The molecule has 4 nitrogen and oxygen atoms in total. The van der Waals surface area contributed by atoms with Crippen LogP contribution >= 0.6 is 0 Å². The van der Waals surface area contributed by atoms with Crippen LogP contribution in [0.25, 0.3) is 0 Å². The Morgan fingerprint density at radius 1 is 1.35 bits per heavy atom. The quantitative estimate of drug-likeness (QED) is 0.626. The van der Waals surface area contributed by atoms with Gasteiger partial charge in [0.2, 0.25) is 9.04 Å². The van der Waals surface area contributed by atoms with E-state index in [2.05, 4.69) is 23.1 Å². The first kappa shape index (κ1) is 14.5. The van der Waals surface area contributed by atoms with E-state index in [4.69, 9.17) is 4.43 Å². The first-order valence-corrected chi connectivity index (χ1v) is 9.61. The van der Waals surface area contributed by atoms with Crippen molar-refractivity contribution in [1.29, 1.82) is 0 Å². The van der Waals surface area contributed by atoms with Gasteiger partial charge in [-0.3, -0.25) is 4.99 Å². The van der Waals surface area contributed by atoms with Crippen molar-refractivity contribution in [3.05, 3.63) is 42.0 Å². The van der Waals surface area contributed by atoms with Crippen molar-refractivity contribution in [2.75, 3.05) is 0 Å². The lowest BCUT2D eigenvalue weighted by Gasteiger charge is -2.11. The Morgan fingerprint density at radius 2 is 2.10 bits per heavy atom. The second-order valence-corrected chi connectivity index (χ2v) is 7.37. The third kappa shape index (κ3) is 3.80. The van der Waals surface area contributed by atoms with Crippen LogP contribution in [-0.4, -0.2) is 24.8 Å². The minimum Gasteiger partial charge on any atom is -0.546 e. The van der Waals surface area contributed by atoms with Gasteiger partial charge >= 0.3 is 0 Å². The van der Waals surface area contributed by atoms with Gasteiger partial charge < -0.3 is 8.99 Å². The Balaban J connectivity index is 2.07. The molecule has 106 valence electrons. The van der Waals surface area contributed by atoms with Gasteiger partial charge in [-0.25, -0.2) is 4.98 Å². The van der Waals surface area contributed by atoms with Gasteiger partial charge in [0.1, 0.15) is 17.3 Å². The summed E-state index contributed by atoms with van der Waals surface area (Å²) >= 11 is 0. The molecule has 0 amide bonds. The molecule has 0 aliphatic heterocycles. The highest BCUT2D eigenvalue weighted by Gasteiger charge is 2.04. The smallest absolute Gasteiger partial charge is 0.229 e. The van der Waals surface area contributed by atoms with Crippen LogP contribution in [-0.2, 0) is 13.5 Å². The molecule has 5 heteroatoms. The number of nitrogens with zero attached hydrogens (tertiary/aromatic N) is 3. The molecule has 0 saturated heterocycles. The summed E-state index contributed by atoms with van der Waals surface area (Å²) < 4.78 is 7.90. The van der Waals surface area contributed by atoms with Crippen molar-refractivity contribution >= 4 is 20.9 Å². The molecule has 0 saturated carbocycles. The maximum atomic E-state index is 5.88. The van der Waals surface area contributed by atoms with E-state index in [-0.39, 0.29) is 0 Å². The second-order valence-electron chi connectivity index (χ2n) is 5.04. The second kappa shape index (κ2) is 6.52. The van der Waals surface area contributed by atoms with E-state index in [1.807, 2.05) is 55.2 Å². The van der Waals surface area contributed by atoms with Crippen LogP contribution in [0.4, 0.5) is 5.69 Å². The highest BCUT2D eigenvalue weighted by atomic mass is 28.3. The van der Waals surface area contributed by atoms with E-state index in [1.165, 1.54) is 0 Å². The van der Waals surface area contributed by atoms with Crippen LogP contribution in [0, 0.1) is 6.92 Å². The van der Waals surface area contributed by atoms with Crippen molar-refractivity contribution in [3.63, 3.8) is 0 Å². The van der Waals surface area contributed by atoms with E-state index >= 15 is 0 Å². The molecule has 0 atom stereocenters. The molecule has 0 N–H and O–H groups in total. The number of aliphatic imine (C=N–C) groups is 1. The molecule has 0 fully saturated rings. The zero-order valence-corrected chi connectivity index (χ0v) is 13.7. The lowest BCUT2D eigenvalue weighted by molar-refractivity contribution is 0.582. The molecule has 20 heavy (non-hydrogen) atoms. The first-order chi connectivity index (χ1) is 9.56. The predicted molar refractivity (Wildman–Crippen MR) is 85.7 cm³/mol. The van der Waals surface area contributed by atoms with Gasteiger partial charge in [0.15, 0.2) is 0 Å². The fourth-order valence-electron chi connectivity index (χ4n) is 1.89. The van der Waals surface area contributed by atoms with Crippen molar-refractivity contribution in [2.24, 2.45) is 12.0 Å². The molecule has 0 spiro atoms. The molecule has 2 rings (SSSR count). The standard InChI is InChI=1S/C15H21N3OSi/c1-12-17-13(11-18(12)2)9-10-16-14-7-5-6-8-15(14)19-20(3)4/h5-8,10-11,20H,9H2,1-4H3. The summed E-state index contributed by atoms with van der Waals surface area (Å²) in [5.41, 5.74) is 1.92. The van der Waals surface area contributed by atoms with Crippen molar-refractivity contribution < 1.29 is 4.43 Å². The van der Waals surface area contributed by atoms with Gasteiger partial charge in [0.05, 0.1) is 5.69 Å². The average molecular weight is 287 g/mol. The summed E-state index contributed by atoms with van der Waals surface area (Å²) in [6.07, 6.45) is 4.66. The maximum absolute atomic E-state index is 5.88. The number of aromatic nitrogens is 2. The molecule has 2 aromatic rings. The van der Waals surface area contributed by atoms with Gasteiger partial charge in [-0.2, -0.15) is 0 Å². The van der Waals surface area contributed by atoms with E-state index in [9.17, 15) is 0 Å². The Morgan fingerprint density at radius 3 is 2.75 bits per heavy atom. The molecule has 1 heterocycles. The van der Waals surface area contributed by atoms with E-state index in [0.29, 0.717) is 0 Å². The lowest BCUT2D eigenvalue weighted by Crippen LogP contribution is -2.11.